The van der Waals surface area contributed by atoms with Gasteiger partial charge in [-0.05, 0) is 12.8 Å². The van der Waals surface area contributed by atoms with Gasteiger partial charge in [-0.25, -0.2) is 0 Å². The van der Waals surface area contributed by atoms with Gasteiger partial charge < -0.3 is 14.4 Å². The molecule has 0 aliphatic carbocycles. The standard InChI is InChI=1S/C37H75NO3/c1-4-6-8-10-12-14-16-18-20-22-24-26-28-30-32-38(37(39)36-41-35-34-40-3)33-31-29-27-25-23-21-19-17-15-13-11-9-7-5-2/h4-36H2,1-3H3. The number of methoxy groups -OCH3 is 1. The topological polar surface area (TPSA) is 38.8 Å². The van der Waals surface area contributed by atoms with Gasteiger partial charge >= 0.3 is 0 Å². The van der Waals surface area contributed by atoms with Crippen molar-refractivity contribution in [2.24, 2.45) is 0 Å². The molecule has 0 aromatic rings. The zero-order valence-electron chi connectivity index (χ0n) is 28.5. The fraction of sp³-hybridized carbons (Fsp3) is 0.973. The average molecular weight is 582 g/mol. The zero-order valence-corrected chi connectivity index (χ0v) is 28.5. The van der Waals surface area contributed by atoms with Crippen molar-refractivity contribution in [3.8, 4) is 0 Å². The first-order valence-electron chi connectivity index (χ1n) is 18.6. The van der Waals surface area contributed by atoms with E-state index in [9.17, 15) is 4.79 Å². The highest BCUT2D eigenvalue weighted by Gasteiger charge is 2.13. The van der Waals surface area contributed by atoms with Gasteiger partial charge in [0.2, 0.25) is 5.91 Å². The molecule has 0 aliphatic heterocycles. The molecule has 0 N–H and O–H groups in total. The largest absolute Gasteiger partial charge is 0.382 e. The minimum atomic E-state index is 0.158. The van der Waals surface area contributed by atoms with E-state index in [1.54, 1.807) is 7.11 Å². The quantitative estimate of drug-likeness (QED) is 0.0699. The summed E-state index contributed by atoms with van der Waals surface area (Å²) in [6, 6.07) is 0. The molecule has 41 heavy (non-hydrogen) atoms. The summed E-state index contributed by atoms with van der Waals surface area (Å²) in [7, 11) is 1.67. The molecule has 0 rings (SSSR count). The average Bonchev–Trinajstić information content (AvgIpc) is 2.98. The summed E-state index contributed by atoms with van der Waals surface area (Å²) in [5.41, 5.74) is 0. The molecule has 0 unspecified atom stereocenters. The zero-order chi connectivity index (χ0) is 29.9. The molecule has 0 aromatic carbocycles. The summed E-state index contributed by atoms with van der Waals surface area (Å²) >= 11 is 0. The van der Waals surface area contributed by atoms with Crippen LogP contribution in [0, 0.1) is 0 Å². The lowest BCUT2D eigenvalue weighted by molar-refractivity contribution is -0.136. The first kappa shape index (κ1) is 40.4. The smallest absolute Gasteiger partial charge is 0.248 e. The normalized spacial score (nSPS) is 11.4. The van der Waals surface area contributed by atoms with Gasteiger partial charge in [-0.3, -0.25) is 4.79 Å². The summed E-state index contributed by atoms with van der Waals surface area (Å²) < 4.78 is 10.6. The molecular formula is C37H75NO3. The molecule has 4 heteroatoms. The van der Waals surface area contributed by atoms with Gasteiger partial charge in [0.25, 0.3) is 0 Å². The van der Waals surface area contributed by atoms with Gasteiger partial charge in [0.1, 0.15) is 6.61 Å². The maximum absolute atomic E-state index is 12.8. The lowest BCUT2D eigenvalue weighted by atomic mass is 10.0. The van der Waals surface area contributed by atoms with Crippen LogP contribution in [0.5, 0.6) is 0 Å². The van der Waals surface area contributed by atoms with E-state index in [-0.39, 0.29) is 12.5 Å². The monoisotopic (exact) mass is 582 g/mol. The number of carbonyl (C=O) groups is 1. The predicted molar refractivity (Wildman–Crippen MR) is 180 cm³/mol. The Kier molecular flexibility index (Phi) is 35.1. The van der Waals surface area contributed by atoms with E-state index in [4.69, 9.17) is 9.47 Å². The molecule has 0 aliphatic rings. The molecule has 0 atom stereocenters. The van der Waals surface area contributed by atoms with Crippen LogP contribution in [0.25, 0.3) is 0 Å². The Morgan fingerprint density at radius 3 is 1.02 bits per heavy atom. The molecule has 0 heterocycles. The van der Waals surface area contributed by atoms with Crippen LogP contribution in [-0.2, 0) is 14.3 Å². The van der Waals surface area contributed by atoms with E-state index in [1.807, 2.05) is 0 Å². The minimum absolute atomic E-state index is 0.158. The SMILES string of the molecule is CCCCCCCCCCCCCCCCN(CCCCCCCCCCCCCCCC)C(=O)COCCOC. The van der Waals surface area contributed by atoms with Crippen LogP contribution in [0.3, 0.4) is 0 Å². The van der Waals surface area contributed by atoms with Crippen LogP contribution >= 0.6 is 0 Å². The van der Waals surface area contributed by atoms with Crippen molar-refractivity contribution in [3.05, 3.63) is 0 Å². The third-order valence-electron chi connectivity index (χ3n) is 8.57. The summed E-state index contributed by atoms with van der Waals surface area (Å²) in [4.78, 5) is 14.9. The van der Waals surface area contributed by atoms with Crippen molar-refractivity contribution >= 4 is 5.91 Å². The lowest BCUT2D eigenvalue weighted by Gasteiger charge is -2.23. The number of hydrogen-bond acceptors (Lipinski definition) is 3. The van der Waals surface area contributed by atoms with Crippen LogP contribution in [-0.4, -0.2) is 50.8 Å². The first-order valence-corrected chi connectivity index (χ1v) is 18.6. The van der Waals surface area contributed by atoms with Crippen molar-refractivity contribution < 1.29 is 14.3 Å². The van der Waals surface area contributed by atoms with E-state index in [1.165, 1.54) is 167 Å². The highest BCUT2D eigenvalue weighted by molar-refractivity contribution is 5.77. The fourth-order valence-corrected chi connectivity index (χ4v) is 5.75. The molecule has 246 valence electrons. The van der Waals surface area contributed by atoms with Crippen LogP contribution in [0.1, 0.15) is 194 Å². The molecule has 1 amide bonds. The maximum Gasteiger partial charge on any atom is 0.248 e. The number of amides is 1. The van der Waals surface area contributed by atoms with Gasteiger partial charge in [0.15, 0.2) is 0 Å². The molecule has 0 fully saturated rings. The summed E-state index contributed by atoms with van der Waals surface area (Å²) in [5, 5.41) is 0. The minimum Gasteiger partial charge on any atom is -0.382 e. The van der Waals surface area contributed by atoms with Gasteiger partial charge in [-0.2, -0.15) is 0 Å². The van der Waals surface area contributed by atoms with E-state index in [2.05, 4.69) is 18.7 Å². The number of unbranched alkanes of at least 4 members (excludes halogenated alkanes) is 26. The number of carbonyl (C=O) groups excluding carboxylic acids is 1. The van der Waals surface area contributed by atoms with Crippen molar-refractivity contribution in [3.63, 3.8) is 0 Å². The van der Waals surface area contributed by atoms with Crippen molar-refractivity contribution in [1.29, 1.82) is 0 Å². The van der Waals surface area contributed by atoms with Crippen LogP contribution in [0.2, 0.25) is 0 Å². The Hall–Kier alpha value is -0.610. The third kappa shape index (κ3) is 32.1. The summed E-state index contributed by atoms with van der Waals surface area (Å²) in [6.07, 6.45) is 38.3. The highest BCUT2D eigenvalue weighted by Crippen LogP contribution is 2.15. The van der Waals surface area contributed by atoms with Crippen molar-refractivity contribution in [2.75, 3.05) is 40.0 Å². The van der Waals surface area contributed by atoms with E-state index >= 15 is 0 Å². The molecular weight excluding hydrogens is 506 g/mol. The van der Waals surface area contributed by atoms with Gasteiger partial charge in [-0.1, -0.05) is 181 Å². The van der Waals surface area contributed by atoms with Gasteiger partial charge in [-0.15, -0.1) is 0 Å². The Morgan fingerprint density at radius 1 is 0.439 bits per heavy atom. The van der Waals surface area contributed by atoms with E-state index in [0.717, 1.165) is 25.9 Å². The number of hydrogen-bond donors (Lipinski definition) is 0. The highest BCUT2D eigenvalue weighted by atomic mass is 16.5. The second-order valence-electron chi connectivity index (χ2n) is 12.6. The van der Waals surface area contributed by atoms with Gasteiger partial charge in [0, 0.05) is 20.2 Å². The second kappa shape index (κ2) is 35.6. The van der Waals surface area contributed by atoms with E-state index in [0.29, 0.717) is 13.2 Å². The Balaban J connectivity index is 3.84. The summed E-state index contributed by atoms with van der Waals surface area (Å²) in [5.74, 6) is 0.158. The third-order valence-corrected chi connectivity index (χ3v) is 8.57. The van der Waals surface area contributed by atoms with Crippen LogP contribution in [0.4, 0.5) is 0 Å². The molecule has 0 aromatic heterocycles. The van der Waals surface area contributed by atoms with E-state index < -0.39 is 0 Å². The molecule has 0 spiro atoms. The Bertz CT molecular complexity index is 467. The Morgan fingerprint density at radius 2 is 0.732 bits per heavy atom. The maximum atomic E-state index is 12.8. The number of nitrogens with zero attached hydrogens (tertiary/aromatic N) is 1. The predicted octanol–water partition coefficient (Wildman–Crippen LogP) is 11.4. The lowest BCUT2D eigenvalue weighted by Crippen LogP contribution is -2.36. The van der Waals surface area contributed by atoms with Crippen LogP contribution in [0.15, 0.2) is 0 Å². The molecule has 0 saturated carbocycles. The van der Waals surface area contributed by atoms with Crippen molar-refractivity contribution in [1.82, 2.24) is 4.90 Å². The van der Waals surface area contributed by atoms with Gasteiger partial charge in [0.05, 0.1) is 13.2 Å². The molecule has 0 saturated heterocycles. The summed E-state index contributed by atoms with van der Waals surface area (Å²) in [6.45, 7) is 7.60. The molecule has 0 radical (unpaired) electrons. The fourth-order valence-electron chi connectivity index (χ4n) is 5.75. The Labute approximate surface area is 258 Å². The second-order valence-corrected chi connectivity index (χ2v) is 12.6. The first-order chi connectivity index (χ1) is 20.3. The number of rotatable bonds is 35. The van der Waals surface area contributed by atoms with Crippen LogP contribution < -0.4 is 0 Å². The molecule has 0 bridgehead atoms. The number of ether oxygens (including phenoxy) is 2. The van der Waals surface area contributed by atoms with Crippen molar-refractivity contribution in [2.45, 2.75) is 194 Å². The molecule has 4 nitrogen and oxygen atoms in total.